The Labute approximate surface area is 128 Å². The van der Waals surface area contributed by atoms with E-state index in [1.165, 1.54) is 26.4 Å². The van der Waals surface area contributed by atoms with Crippen LogP contribution in [0.5, 0.6) is 11.5 Å². The molecule has 0 saturated heterocycles. The van der Waals surface area contributed by atoms with Crippen molar-refractivity contribution in [2.24, 2.45) is 0 Å². The second-order valence-corrected chi connectivity index (χ2v) is 6.96. The van der Waals surface area contributed by atoms with Gasteiger partial charge in [0.05, 0.1) is 14.2 Å². The van der Waals surface area contributed by atoms with E-state index in [-0.39, 0.29) is 28.0 Å². The molecule has 1 aromatic carbocycles. The van der Waals surface area contributed by atoms with Gasteiger partial charge in [0.2, 0.25) is 0 Å². The van der Waals surface area contributed by atoms with Gasteiger partial charge in [0, 0.05) is 22.3 Å². The van der Waals surface area contributed by atoms with Crippen molar-refractivity contribution < 1.29 is 22.7 Å². The van der Waals surface area contributed by atoms with E-state index in [4.69, 9.17) is 20.2 Å². The number of nitrogens with one attached hydrogen (secondary N) is 1. The predicted molar refractivity (Wildman–Crippen MR) is 79.8 cm³/mol. The maximum Gasteiger partial charge on any atom is 0.265 e. The highest BCUT2D eigenvalue weighted by molar-refractivity contribution is 8.13. The molecule has 1 rings (SSSR count). The third kappa shape index (κ3) is 4.25. The number of halogens is 1. The quantitative estimate of drug-likeness (QED) is 0.806. The van der Waals surface area contributed by atoms with Crippen molar-refractivity contribution in [2.45, 2.75) is 31.2 Å². The molecule has 1 aromatic rings. The van der Waals surface area contributed by atoms with Crippen LogP contribution in [-0.2, 0) is 9.05 Å². The second kappa shape index (κ2) is 7.00. The standard InChI is InChI=1S/C13H18ClNO5S/c1-5-8(2)15-13(16)9-6-10(19-3)12(20-4)11(7-9)21(14,17)18/h6-8H,5H2,1-4H3,(H,15,16). The fraction of sp³-hybridized carbons (Fsp3) is 0.462. The van der Waals surface area contributed by atoms with Crippen LogP contribution in [0, 0.1) is 0 Å². The van der Waals surface area contributed by atoms with Crippen LogP contribution in [0.15, 0.2) is 17.0 Å². The zero-order valence-electron chi connectivity index (χ0n) is 12.3. The SMILES string of the molecule is CCC(C)NC(=O)c1cc(OC)c(OC)c(S(=O)(=O)Cl)c1. The van der Waals surface area contributed by atoms with Gasteiger partial charge in [-0.1, -0.05) is 6.92 Å². The van der Waals surface area contributed by atoms with Gasteiger partial charge in [-0.15, -0.1) is 0 Å². The summed E-state index contributed by atoms with van der Waals surface area (Å²) in [4.78, 5) is 11.8. The lowest BCUT2D eigenvalue weighted by atomic mass is 10.1. The van der Waals surface area contributed by atoms with Crippen molar-refractivity contribution in [1.29, 1.82) is 0 Å². The van der Waals surface area contributed by atoms with E-state index in [1.807, 2.05) is 13.8 Å². The third-order valence-corrected chi connectivity index (χ3v) is 4.29. The number of rotatable bonds is 6. The molecule has 0 radical (unpaired) electrons. The topological polar surface area (TPSA) is 81.7 Å². The molecule has 1 amide bonds. The molecule has 118 valence electrons. The number of hydrogen-bond acceptors (Lipinski definition) is 5. The average Bonchev–Trinajstić information content (AvgIpc) is 2.44. The van der Waals surface area contributed by atoms with Crippen molar-refractivity contribution in [3.63, 3.8) is 0 Å². The van der Waals surface area contributed by atoms with E-state index in [0.29, 0.717) is 0 Å². The molecule has 0 aliphatic carbocycles. The van der Waals surface area contributed by atoms with Crippen LogP contribution in [0.4, 0.5) is 0 Å². The van der Waals surface area contributed by atoms with E-state index in [1.54, 1.807) is 0 Å². The van der Waals surface area contributed by atoms with Gasteiger partial charge in [-0.3, -0.25) is 4.79 Å². The van der Waals surface area contributed by atoms with Gasteiger partial charge in [0.15, 0.2) is 11.5 Å². The van der Waals surface area contributed by atoms with Crippen LogP contribution in [0.1, 0.15) is 30.6 Å². The number of methoxy groups -OCH3 is 2. The average molecular weight is 336 g/mol. The van der Waals surface area contributed by atoms with Crippen molar-refractivity contribution in [1.82, 2.24) is 5.32 Å². The lowest BCUT2D eigenvalue weighted by Crippen LogP contribution is -2.32. The Bertz CT molecular complexity index is 630. The summed E-state index contributed by atoms with van der Waals surface area (Å²) >= 11 is 0. The van der Waals surface area contributed by atoms with Crippen molar-refractivity contribution in [3.05, 3.63) is 17.7 Å². The Morgan fingerprint density at radius 1 is 1.33 bits per heavy atom. The fourth-order valence-corrected chi connectivity index (χ4v) is 2.67. The normalized spacial score (nSPS) is 12.6. The van der Waals surface area contributed by atoms with Gasteiger partial charge >= 0.3 is 0 Å². The molecule has 0 bridgehead atoms. The minimum Gasteiger partial charge on any atom is -0.493 e. The molecule has 0 saturated carbocycles. The first-order chi connectivity index (χ1) is 9.74. The zero-order valence-corrected chi connectivity index (χ0v) is 13.8. The fourth-order valence-electron chi connectivity index (χ4n) is 1.65. The molecule has 6 nitrogen and oxygen atoms in total. The van der Waals surface area contributed by atoms with Crippen molar-refractivity contribution in [3.8, 4) is 11.5 Å². The Balaban J connectivity index is 3.40. The summed E-state index contributed by atoms with van der Waals surface area (Å²) in [5.41, 5.74) is 0.132. The first-order valence-corrected chi connectivity index (χ1v) is 8.57. The molecule has 0 aromatic heterocycles. The molecule has 21 heavy (non-hydrogen) atoms. The molecule has 0 heterocycles. The Morgan fingerprint density at radius 3 is 2.38 bits per heavy atom. The minimum absolute atomic E-state index is 0.0346. The van der Waals surface area contributed by atoms with Gasteiger partial charge in [0.25, 0.3) is 15.0 Å². The highest BCUT2D eigenvalue weighted by Gasteiger charge is 2.24. The van der Waals surface area contributed by atoms with E-state index in [2.05, 4.69) is 5.32 Å². The molecule has 0 fully saturated rings. The second-order valence-electron chi connectivity index (χ2n) is 4.43. The molecular weight excluding hydrogens is 318 g/mol. The summed E-state index contributed by atoms with van der Waals surface area (Å²) in [7, 11) is 3.95. The summed E-state index contributed by atoms with van der Waals surface area (Å²) in [6.07, 6.45) is 0.750. The van der Waals surface area contributed by atoms with Crippen LogP contribution in [-0.4, -0.2) is 34.6 Å². The molecule has 1 N–H and O–H groups in total. The van der Waals surface area contributed by atoms with Gasteiger partial charge in [-0.25, -0.2) is 8.42 Å². The summed E-state index contributed by atoms with van der Waals surface area (Å²) < 4.78 is 33.3. The largest absolute Gasteiger partial charge is 0.493 e. The Hall–Kier alpha value is -1.47. The Morgan fingerprint density at radius 2 is 1.95 bits per heavy atom. The van der Waals surface area contributed by atoms with Gasteiger partial charge in [-0.05, 0) is 25.5 Å². The third-order valence-electron chi connectivity index (χ3n) is 2.96. The van der Waals surface area contributed by atoms with Crippen LogP contribution >= 0.6 is 10.7 Å². The Kier molecular flexibility index (Phi) is 5.86. The van der Waals surface area contributed by atoms with E-state index in [0.717, 1.165) is 6.42 Å². The van der Waals surface area contributed by atoms with E-state index >= 15 is 0 Å². The van der Waals surface area contributed by atoms with Crippen LogP contribution in [0.25, 0.3) is 0 Å². The summed E-state index contributed by atoms with van der Waals surface area (Å²) in [6, 6.07) is 2.53. The molecule has 1 unspecified atom stereocenters. The van der Waals surface area contributed by atoms with E-state index < -0.39 is 15.0 Å². The van der Waals surface area contributed by atoms with Crippen LogP contribution < -0.4 is 14.8 Å². The minimum atomic E-state index is -4.08. The van der Waals surface area contributed by atoms with Crippen molar-refractivity contribution in [2.75, 3.05) is 14.2 Å². The van der Waals surface area contributed by atoms with Gasteiger partial charge in [-0.2, -0.15) is 0 Å². The first kappa shape index (κ1) is 17.6. The summed E-state index contributed by atoms with van der Waals surface area (Å²) in [5.74, 6) is -0.326. The van der Waals surface area contributed by atoms with E-state index in [9.17, 15) is 13.2 Å². The monoisotopic (exact) mass is 335 g/mol. The number of benzene rings is 1. The number of hydrogen-bond donors (Lipinski definition) is 1. The molecular formula is C13H18ClNO5S. The molecule has 0 aliphatic rings. The predicted octanol–water partition coefficient (Wildman–Crippen LogP) is 2.16. The zero-order chi connectivity index (χ0) is 16.2. The highest BCUT2D eigenvalue weighted by Crippen LogP contribution is 2.37. The lowest BCUT2D eigenvalue weighted by molar-refractivity contribution is 0.0938. The number of amides is 1. The van der Waals surface area contributed by atoms with Gasteiger partial charge < -0.3 is 14.8 Å². The molecule has 0 aliphatic heterocycles. The number of ether oxygens (including phenoxy) is 2. The summed E-state index contributed by atoms with van der Waals surface area (Å²) in [5, 5.41) is 2.74. The van der Waals surface area contributed by atoms with Crippen LogP contribution in [0.2, 0.25) is 0 Å². The molecule has 8 heteroatoms. The molecule has 1 atom stereocenters. The highest BCUT2D eigenvalue weighted by atomic mass is 35.7. The lowest BCUT2D eigenvalue weighted by Gasteiger charge is -2.15. The van der Waals surface area contributed by atoms with Gasteiger partial charge in [0.1, 0.15) is 4.90 Å². The maximum absolute atomic E-state index is 12.1. The van der Waals surface area contributed by atoms with Crippen molar-refractivity contribution >= 4 is 25.6 Å². The number of carbonyl (C=O) groups excluding carboxylic acids is 1. The molecule has 0 spiro atoms. The van der Waals surface area contributed by atoms with Crippen LogP contribution in [0.3, 0.4) is 0 Å². The maximum atomic E-state index is 12.1. The first-order valence-electron chi connectivity index (χ1n) is 6.26. The summed E-state index contributed by atoms with van der Waals surface area (Å²) in [6.45, 7) is 3.77. The number of carbonyl (C=O) groups is 1. The smallest absolute Gasteiger partial charge is 0.265 e.